The van der Waals surface area contributed by atoms with E-state index < -0.39 is 5.60 Å². The van der Waals surface area contributed by atoms with Crippen LogP contribution in [0.5, 0.6) is 0 Å². The smallest absolute Gasteiger partial charge is 0.410 e. The van der Waals surface area contributed by atoms with Crippen LogP contribution in [0.2, 0.25) is 0 Å². The predicted octanol–water partition coefficient (Wildman–Crippen LogP) is 3.08. The van der Waals surface area contributed by atoms with Crippen molar-refractivity contribution in [1.29, 1.82) is 0 Å². The fourth-order valence-corrected chi connectivity index (χ4v) is 2.75. The first-order valence-corrected chi connectivity index (χ1v) is 6.46. The first-order chi connectivity index (χ1) is 8.42. The molecule has 2 rings (SSSR count). The largest absolute Gasteiger partial charge is 0.444 e. The van der Waals surface area contributed by atoms with E-state index in [1.807, 2.05) is 25.7 Å². The van der Waals surface area contributed by atoms with Gasteiger partial charge in [-0.05, 0) is 51.5 Å². The van der Waals surface area contributed by atoms with E-state index >= 15 is 0 Å². The Morgan fingerprint density at radius 1 is 1.39 bits per heavy atom. The number of likely N-dealkylation sites (tertiary alicyclic amines) is 1. The second kappa shape index (κ2) is 4.69. The number of carbonyl (C=O) groups is 1. The highest BCUT2D eigenvalue weighted by Gasteiger charge is 2.46. The van der Waals surface area contributed by atoms with Gasteiger partial charge in [0.25, 0.3) is 0 Å². The fraction of sp³-hybridized carbons (Fsp3) is 0.917. The maximum Gasteiger partial charge on any atom is 0.410 e. The van der Waals surface area contributed by atoms with Crippen LogP contribution in [-0.4, -0.2) is 35.2 Å². The third-order valence-corrected chi connectivity index (χ3v) is 3.68. The Balaban J connectivity index is 2.01. The molecule has 2 fully saturated rings. The minimum atomic E-state index is -0.460. The number of hydrogen-bond donors (Lipinski definition) is 0. The van der Waals surface area contributed by atoms with Gasteiger partial charge in [0.15, 0.2) is 0 Å². The Bertz CT molecular complexity index is 384. The van der Waals surface area contributed by atoms with Crippen LogP contribution in [0, 0.1) is 5.92 Å². The third kappa shape index (κ3) is 2.53. The first kappa shape index (κ1) is 13.0. The van der Waals surface area contributed by atoms with Gasteiger partial charge in [0, 0.05) is 23.5 Å². The van der Waals surface area contributed by atoms with E-state index in [2.05, 4.69) is 10.0 Å². The van der Waals surface area contributed by atoms with E-state index in [-0.39, 0.29) is 18.2 Å². The van der Waals surface area contributed by atoms with Crippen LogP contribution >= 0.6 is 0 Å². The Kier molecular flexibility index (Phi) is 3.39. The number of ether oxygens (including phenoxy) is 1. The molecule has 1 saturated carbocycles. The molecule has 0 spiro atoms. The summed E-state index contributed by atoms with van der Waals surface area (Å²) < 4.78 is 5.41. The van der Waals surface area contributed by atoms with Crippen LogP contribution in [0.3, 0.4) is 0 Å². The molecule has 3 atom stereocenters. The second-order valence-corrected chi connectivity index (χ2v) is 6.04. The summed E-state index contributed by atoms with van der Waals surface area (Å²) in [5.41, 5.74) is 8.07. The van der Waals surface area contributed by atoms with Crippen LogP contribution in [0.15, 0.2) is 5.11 Å². The molecule has 18 heavy (non-hydrogen) atoms. The number of amides is 1. The van der Waals surface area contributed by atoms with Gasteiger partial charge in [-0.1, -0.05) is 5.11 Å². The number of carbonyl (C=O) groups excluding carboxylic acids is 1. The second-order valence-electron chi connectivity index (χ2n) is 6.04. The molecule has 0 aromatic rings. The van der Waals surface area contributed by atoms with Gasteiger partial charge in [-0.15, -0.1) is 0 Å². The lowest BCUT2D eigenvalue weighted by Gasteiger charge is -2.50. The first-order valence-electron chi connectivity index (χ1n) is 6.46. The quantitative estimate of drug-likeness (QED) is 0.408. The van der Waals surface area contributed by atoms with E-state index in [4.69, 9.17) is 10.3 Å². The lowest BCUT2D eigenvalue weighted by Crippen LogP contribution is -2.58. The summed E-state index contributed by atoms with van der Waals surface area (Å²) in [5.74, 6) is 0.321. The molecule has 100 valence electrons. The molecule has 1 amide bonds. The van der Waals surface area contributed by atoms with Crippen LogP contribution in [0.1, 0.15) is 40.0 Å². The molecule has 2 aliphatic rings. The summed E-state index contributed by atoms with van der Waals surface area (Å²) in [6.07, 6.45) is 2.52. The minimum Gasteiger partial charge on any atom is -0.444 e. The molecule has 0 radical (unpaired) electrons. The monoisotopic (exact) mass is 252 g/mol. The van der Waals surface area contributed by atoms with Crippen molar-refractivity contribution in [3.05, 3.63) is 10.4 Å². The van der Waals surface area contributed by atoms with Gasteiger partial charge in [-0.3, -0.25) is 0 Å². The lowest BCUT2D eigenvalue weighted by atomic mass is 9.71. The van der Waals surface area contributed by atoms with Crippen molar-refractivity contribution < 1.29 is 9.53 Å². The molecular formula is C12H20N4O2. The molecule has 1 aliphatic heterocycles. The average Bonchev–Trinajstić information content (AvgIpc) is 2.18. The molecule has 3 unspecified atom stereocenters. The fourth-order valence-electron chi connectivity index (χ4n) is 2.75. The van der Waals surface area contributed by atoms with Gasteiger partial charge in [0.05, 0.1) is 0 Å². The standard InChI is InChI=1S/C12H20N4O2/c1-12(2,3)18-11(17)16-7-6-9(14-15-13)8-4-5-10(8)16/h8-10H,4-7H2,1-3H3. The van der Waals surface area contributed by atoms with E-state index in [0.717, 1.165) is 19.3 Å². The SMILES string of the molecule is CC(C)(C)OC(=O)N1CCC(N=[N+]=[N-])C2CCC21. The maximum atomic E-state index is 12.1. The van der Waals surface area contributed by atoms with Gasteiger partial charge in [-0.2, -0.15) is 0 Å². The van der Waals surface area contributed by atoms with Crippen LogP contribution in [0.4, 0.5) is 4.79 Å². The van der Waals surface area contributed by atoms with Crippen LogP contribution in [0.25, 0.3) is 10.4 Å². The summed E-state index contributed by atoms with van der Waals surface area (Å²) in [5, 5.41) is 3.84. The highest BCUT2D eigenvalue weighted by molar-refractivity contribution is 5.69. The van der Waals surface area contributed by atoms with Crippen molar-refractivity contribution >= 4 is 6.09 Å². The molecule has 1 heterocycles. The van der Waals surface area contributed by atoms with Gasteiger partial charge >= 0.3 is 6.09 Å². The normalized spacial score (nSPS) is 30.8. The molecule has 6 heteroatoms. The number of azide groups is 1. The van der Waals surface area contributed by atoms with Crippen molar-refractivity contribution in [3.63, 3.8) is 0 Å². The zero-order chi connectivity index (χ0) is 13.3. The predicted molar refractivity (Wildman–Crippen MR) is 67.0 cm³/mol. The lowest BCUT2D eigenvalue weighted by molar-refractivity contribution is -0.0281. The summed E-state index contributed by atoms with van der Waals surface area (Å²) in [6.45, 7) is 6.24. The molecule has 0 N–H and O–H groups in total. The van der Waals surface area contributed by atoms with Crippen molar-refractivity contribution in [2.24, 2.45) is 11.0 Å². The van der Waals surface area contributed by atoms with Crippen LogP contribution < -0.4 is 0 Å². The Morgan fingerprint density at radius 3 is 2.61 bits per heavy atom. The van der Waals surface area contributed by atoms with Gasteiger partial charge < -0.3 is 9.64 Å². The molecule has 0 bridgehead atoms. The number of fused-ring (bicyclic) bond motifs is 1. The van der Waals surface area contributed by atoms with E-state index in [1.54, 1.807) is 0 Å². The zero-order valence-corrected chi connectivity index (χ0v) is 11.2. The number of nitrogens with zero attached hydrogens (tertiary/aromatic N) is 4. The van der Waals surface area contributed by atoms with Crippen molar-refractivity contribution in [2.45, 2.75) is 57.7 Å². The maximum absolute atomic E-state index is 12.1. The summed E-state index contributed by atoms with van der Waals surface area (Å²) >= 11 is 0. The Hall–Kier alpha value is -1.42. The molecule has 1 saturated heterocycles. The topological polar surface area (TPSA) is 78.3 Å². The highest BCUT2D eigenvalue weighted by atomic mass is 16.6. The highest BCUT2D eigenvalue weighted by Crippen LogP contribution is 2.41. The summed E-state index contributed by atoms with van der Waals surface area (Å²) in [4.78, 5) is 16.8. The third-order valence-electron chi connectivity index (χ3n) is 3.68. The molecule has 0 aromatic heterocycles. The molecule has 1 aliphatic carbocycles. The van der Waals surface area contributed by atoms with Crippen molar-refractivity contribution in [1.82, 2.24) is 4.90 Å². The van der Waals surface area contributed by atoms with Crippen molar-refractivity contribution in [2.75, 3.05) is 6.54 Å². The molecule has 0 aromatic carbocycles. The molecule has 6 nitrogen and oxygen atoms in total. The zero-order valence-electron chi connectivity index (χ0n) is 11.2. The Morgan fingerprint density at radius 2 is 2.11 bits per heavy atom. The number of rotatable bonds is 1. The summed E-state index contributed by atoms with van der Waals surface area (Å²) in [7, 11) is 0. The van der Waals surface area contributed by atoms with E-state index in [1.165, 1.54) is 0 Å². The van der Waals surface area contributed by atoms with Gasteiger partial charge in [0.1, 0.15) is 5.60 Å². The van der Waals surface area contributed by atoms with Gasteiger partial charge in [0.2, 0.25) is 0 Å². The summed E-state index contributed by atoms with van der Waals surface area (Å²) in [6, 6.07) is 0.247. The van der Waals surface area contributed by atoms with E-state index in [0.29, 0.717) is 12.5 Å². The van der Waals surface area contributed by atoms with Crippen LogP contribution in [-0.2, 0) is 4.74 Å². The average molecular weight is 252 g/mol. The molecular weight excluding hydrogens is 232 g/mol. The number of hydrogen-bond acceptors (Lipinski definition) is 3. The van der Waals surface area contributed by atoms with Crippen molar-refractivity contribution in [3.8, 4) is 0 Å². The van der Waals surface area contributed by atoms with E-state index in [9.17, 15) is 4.79 Å². The Labute approximate surface area is 107 Å². The minimum absolute atomic E-state index is 0.0486. The number of piperidine rings is 1. The van der Waals surface area contributed by atoms with Gasteiger partial charge in [-0.25, -0.2) is 4.79 Å².